The Morgan fingerprint density at radius 2 is 1.78 bits per heavy atom. The molecule has 4 rings (SSSR count). The van der Waals surface area contributed by atoms with E-state index in [0.29, 0.717) is 29.6 Å². The largest absolute Gasteiger partial charge is 0.412 e. The molecule has 138 valence electrons. The van der Waals surface area contributed by atoms with Gasteiger partial charge in [0, 0.05) is 43.3 Å². The van der Waals surface area contributed by atoms with Crippen LogP contribution in [0.5, 0.6) is 0 Å². The predicted octanol–water partition coefficient (Wildman–Crippen LogP) is 3.35. The fraction of sp³-hybridized carbons (Fsp3) is 0.250. The molecule has 7 heteroatoms. The van der Waals surface area contributed by atoms with Gasteiger partial charge in [0.15, 0.2) is 0 Å². The number of carbonyl (C=O) groups is 1. The number of piperazine rings is 1. The summed E-state index contributed by atoms with van der Waals surface area (Å²) in [6, 6.07) is 17.5. The van der Waals surface area contributed by atoms with Crippen molar-refractivity contribution in [3.63, 3.8) is 0 Å². The zero-order valence-electron chi connectivity index (χ0n) is 14.7. The van der Waals surface area contributed by atoms with Crippen LogP contribution in [0.4, 0.5) is 0 Å². The highest BCUT2D eigenvalue weighted by Gasteiger charge is 2.26. The van der Waals surface area contributed by atoms with Crippen LogP contribution >= 0.6 is 11.6 Å². The molecule has 1 saturated heterocycles. The van der Waals surface area contributed by atoms with Crippen LogP contribution < -0.4 is 0 Å². The van der Waals surface area contributed by atoms with Crippen LogP contribution in [-0.4, -0.2) is 52.1 Å². The first-order valence-corrected chi connectivity index (χ1v) is 9.22. The summed E-state index contributed by atoms with van der Waals surface area (Å²) in [5.41, 5.74) is 1.97. The maximum absolute atomic E-state index is 12.7. The number of rotatable bonds is 4. The summed E-state index contributed by atoms with van der Waals surface area (Å²) in [5, 5.41) is 8.48. The summed E-state index contributed by atoms with van der Waals surface area (Å²) in [6.45, 7) is 3.80. The Morgan fingerprint density at radius 3 is 2.52 bits per heavy atom. The first kappa shape index (κ1) is 17.7. The van der Waals surface area contributed by atoms with E-state index in [1.807, 2.05) is 24.3 Å². The van der Waals surface area contributed by atoms with Crippen LogP contribution in [0.1, 0.15) is 16.2 Å². The molecule has 0 unspecified atom stereocenters. The standard InChI is InChI=1S/C20H19ClN4O2/c21-17-8-4-7-16(13-17)18-22-23-19(27-18)20(26)25-11-9-24(10-12-25)14-15-5-2-1-3-6-15/h1-8,13H,9-12,14H2. The van der Waals surface area contributed by atoms with Crippen molar-refractivity contribution in [2.24, 2.45) is 0 Å². The zero-order chi connectivity index (χ0) is 18.6. The van der Waals surface area contributed by atoms with E-state index in [2.05, 4.69) is 27.2 Å². The van der Waals surface area contributed by atoms with Crippen LogP contribution in [0.3, 0.4) is 0 Å². The third-order valence-electron chi connectivity index (χ3n) is 4.59. The lowest BCUT2D eigenvalue weighted by molar-refractivity contribution is 0.0590. The molecule has 27 heavy (non-hydrogen) atoms. The van der Waals surface area contributed by atoms with E-state index in [1.165, 1.54) is 5.56 Å². The number of amides is 1. The lowest BCUT2D eigenvalue weighted by atomic mass is 10.2. The number of carbonyl (C=O) groups excluding carboxylic acids is 1. The SMILES string of the molecule is O=C(c1nnc(-c2cccc(Cl)c2)o1)N1CCN(Cc2ccccc2)CC1. The van der Waals surface area contributed by atoms with Crippen molar-refractivity contribution >= 4 is 17.5 Å². The molecule has 0 spiro atoms. The van der Waals surface area contributed by atoms with Gasteiger partial charge in [-0.15, -0.1) is 10.2 Å². The highest BCUT2D eigenvalue weighted by atomic mass is 35.5. The molecule has 1 fully saturated rings. The Hall–Kier alpha value is -2.70. The minimum Gasteiger partial charge on any atom is -0.412 e. The molecule has 1 amide bonds. The summed E-state index contributed by atoms with van der Waals surface area (Å²) in [5.74, 6) is 0.0835. The third kappa shape index (κ3) is 4.18. The topological polar surface area (TPSA) is 62.5 Å². The van der Waals surface area contributed by atoms with Gasteiger partial charge in [-0.1, -0.05) is 48.0 Å². The molecule has 3 aromatic rings. The van der Waals surface area contributed by atoms with Gasteiger partial charge in [-0.3, -0.25) is 9.69 Å². The van der Waals surface area contributed by atoms with Crippen molar-refractivity contribution in [3.05, 3.63) is 71.1 Å². The number of aromatic nitrogens is 2. The smallest absolute Gasteiger partial charge is 0.311 e. The van der Waals surface area contributed by atoms with Crippen LogP contribution in [0, 0.1) is 0 Å². The van der Waals surface area contributed by atoms with Crippen molar-refractivity contribution in [3.8, 4) is 11.5 Å². The van der Waals surface area contributed by atoms with Crippen molar-refractivity contribution in [1.29, 1.82) is 0 Å². The molecule has 0 radical (unpaired) electrons. The van der Waals surface area contributed by atoms with Crippen LogP contribution in [0.15, 0.2) is 59.0 Å². The van der Waals surface area contributed by atoms with Gasteiger partial charge in [0.05, 0.1) is 0 Å². The first-order chi connectivity index (χ1) is 13.2. The maximum Gasteiger partial charge on any atom is 0.311 e. The van der Waals surface area contributed by atoms with Gasteiger partial charge < -0.3 is 9.32 Å². The molecule has 2 heterocycles. The van der Waals surface area contributed by atoms with E-state index in [4.69, 9.17) is 16.0 Å². The molecule has 0 atom stereocenters. The lowest BCUT2D eigenvalue weighted by Crippen LogP contribution is -2.48. The second-order valence-corrected chi connectivity index (χ2v) is 6.91. The summed E-state index contributed by atoms with van der Waals surface area (Å²) in [6.07, 6.45) is 0. The second-order valence-electron chi connectivity index (χ2n) is 6.48. The average Bonchev–Trinajstić information content (AvgIpc) is 3.19. The fourth-order valence-electron chi connectivity index (χ4n) is 3.13. The number of benzene rings is 2. The maximum atomic E-state index is 12.7. The molecular weight excluding hydrogens is 364 g/mol. The summed E-state index contributed by atoms with van der Waals surface area (Å²) in [7, 11) is 0. The molecule has 0 aliphatic carbocycles. The second kappa shape index (κ2) is 7.90. The number of halogens is 1. The van der Waals surface area contributed by atoms with Crippen LogP contribution in [0.2, 0.25) is 5.02 Å². The van der Waals surface area contributed by atoms with Gasteiger partial charge in [-0.25, -0.2) is 0 Å². The Labute approximate surface area is 162 Å². The molecule has 1 aliphatic heterocycles. The van der Waals surface area contributed by atoms with E-state index in [1.54, 1.807) is 23.1 Å². The van der Waals surface area contributed by atoms with Gasteiger partial charge in [-0.05, 0) is 23.8 Å². The molecule has 1 aliphatic rings. The van der Waals surface area contributed by atoms with Crippen LogP contribution in [-0.2, 0) is 6.54 Å². The molecule has 1 aromatic heterocycles. The van der Waals surface area contributed by atoms with Crippen molar-refractivity contribution in [2.45, 2.75) is 6.54 Å². The lowest BCUT2D eigenvalue weighted by Gasteiger charge is -2.34. The zero-order valence-corrected chi connectivity index (χ0v) is 15.5. The molecule has 0 bridgehead atoms. The van der Waals surface area contributed by atoms with Gasteiger partial charge in [0.2, 0.25) is 5.89 Å². The Balaban J connectivity index is 1.37. The highest BCUT2D eigenvalue weighted by Crippen LogP contribution is 2.22. The Kier molecular flexibility index (Phi) is 5.18. The van der Waals surface area contributed by atoms with Crippen LogP contribution in [0.25, 0.3) is 11.5 Å². The number of nitrogens with zero attached hydrogens (tertiary/aromatic N) is 4. The summed E-state index contributed by atoms with van der Waals surface area (Å²) < 4.78 is 5.58. The van der Waals surface area contributed by atoms with Gasteiger partial charge >= 0.3 is 11.8 Å². The third-order valence-corrected chi connectivity index (χ3v) is 4.82. The quantitative estimate of drug-likeness (QED) is 0.692. The molecule has 0 N–H and O–H groups in total. The highest BCUT2D eigenvalue weighted by molar-refractivity contribution is 6.30. The van der Waals surface area contributed by atoms with E-state index in [-0.39, 0.29) is 11.8 Å². The van der Waals surface area contributed by atoms with Crippen molar-refractivity contribution in [1.82, 2.24) is 20.0 Å². The fourth-order valence-corrected chi connectivity index (χ4v) is 3.32. The van der Waals surface area contributed by atoms with E-state index in [9.17, 15) is 4.79 Å². The van der Waals surface area contributed by atoms with E-state index < -0.39 is 0 Å². The molecule has 6 nitrogen and oxygen atoms in total. The normalized spacial score (nSPS) is 15.1. The van der Waals surface area contributed by atoms with E-state index >= 15 is 0 Å². The average molecular weight is 383 g/mol. The van der Waals surface area contributed by atoms with Gasteiger partial charge in [0.1, 0.15) is 0 Å². The number of hydrogen-bond acceptors (Lipinski definition) is 5. The molecule has 2 aromatic carbocycles. The number of hydrogen-bond donors (Lipinski definition) is 0. The Bertz CT molecular complexity index is 920. The predicted molar refractivity (Wildman–Crippen MR) is 102 cm³/mol. The first-order valence-electron chi connectivity index (χ1n) is 8.84. The van der Waals surface area contributed by atoms with Gasteiger partial charge in [0.25, 0.3) is 0 Å². The summed E-state index contributed by atoms with van der Waals surface area (Å²) >= 11 is 5.99. The minimum atomic E-state index is -0.227. The molecular formula is C20H19ClN4O2. The minimum absolute atomic E-state index is 0.0153. The van der Waals surface area contributed by atoms with Crippen molar-refractivity contribution < 1.29 is 9.21 Å². The van der Waals surface area contributed by atoms with Crippen molar-refractivity contribution in [2.75, 3.05) is 26.2 Å². The Morgan fingerprint density at radius 1 is 1.00 bits per heavy atom. The van der Waals surface area contributed by atoms with E-state index in [0.717, 1.165) is 19.6 Å². The monoisotopic (exact) mass is 382 g/mol. The van der Waals surface area contributed by atoms with Gasteiger partial charge in [-0.2, -0.15) is 0 Å². The summed E-state index contributed by atoms with van der Waals surface area (Å²) in [4.78, 5) is 16.8. The molecule has 0 saturated carbocycles.